The summed E-state index contributed by atoms with van der Waals surface area (Å²) in [6.45, 7) is 0. The van der Waals surface area contributed by atoms with Crippen LogP contribution in [-0.2, 0) is 4.74 Å². The Kier molecular flexibility index (Phi) is 3.62. The normalized spacial score (nSPS) is 18.4. The van der Waals surface area contributed by atoms with Gasteiger partial charge in [0.15, 0.2) is 5.76 Å². The van der Waals surface area contributed by atoms with E-state index in [1.165, 1.54) is 20.2 Å². The zero-order valence-electron chi connectivity index (χ0n) is 11.2. The molecular weight excluding hydrogens is 320 g/mol. The highest BCUT2D eigenvalue weighted by Crippen LogP contribution is 2.48. The lowest BCUT2D eigenvalue weighted by molar-refractivity contribution is -0.293. The lowest BCUT2D eigenvalue weighted by atomic mass is 10.1. The minimum absolute atomic E-state index is 0.382. The Morgan fingerprint density at radius 1 is 1.05 bits per heavy atom. The fourth-order valence-corrected chi connectivity index (χ4v) is 1.55. The number of amidine groups is 1. The number of ether oxygens (including phenoxy) is 1. The molecule has 1 aromatic heterocycles. The number of nitrogens with zero attached hydrogens (tertiary/aromatic N) is 3. The molecule has 0 saturated carbocycles. The summed E-state index contributed by atoms with van der Waals surface area (Å²) < 4.78 is 88.3. The van der Waals surface area contributed by atoms with Crippen LogP contribution < -0.4 is 0 Å². The molecule has 0 saturated heterocycles. The third kappa shape index (κ3) is 2.50. The molecule has 22 heavy (non-hydrogen) atoms. The molecule has 0 radical (unpaired) electrons. The second-order valence-corrected chi connectivity index (χ2v) is 4.45. The van der Waals surface area contributed by atoms with Crippen molar-refractivity contribution in [1.29, 1.82) is 0 Å². The van der Waals surface area contributed by atoms with E-state index in [9.17, 15) is 26.3 Å². The van der Waals surface area contributed by atoms with Crippen LogP contribution in [0.4, 0.5) is 26.3 Å². The molecular formula is C11H9F6N3O2. The van der Waals surface area contributed by atoms with Gasteiger partial charge in [-0.3, -0.25) is 0 Å². The fraction of sp³-hybridized carbons (Fsp3) is 0.455. The molecule has 0 bridgehead atoms. The van der Waals surface area contributed by atoms with E-state index >= 15 is 0 Å². The molecule has 1 aliphatic heterocycles. The van der Waals surface area contributed by atoms with Gasteiger partial charge in [0.05, 0.1) is 6.26 Å². The summed E-state index contributed by atoms with van der Waals surface area (Å²) in [5.41, 5.74) is -4.65. The molecule has 1 aromatic rings. The maximum absolute atomic E-state index is 13.1. The van der Waals surface area contributed by atoms with Gasteiger partial charge in [0.1, 0.15) is 0 Å². The van der Waals surface area contributed by atoms with Gasteiger partial charge in [-0.05, 0) is 12.1 Å². The Morgan fingerprint density at radius 3 is 2.05 bits per heavy atom. The molecule has 1 aliphatic rings. The lowest BCUT2D eigenvalue weighted by Gasteiger charge is -2.34. The SMILES string of the molecule is CN(C)C1=NC(C(F)(F)F)(C(F)(F)F)N=C(c2ccco2)O1. The monoisotopic (exact) mass is 329 g/mol. The van der Waals surface area contributed by atoms with Crippen molar-refractivity contribution in [3.63, 3.8) is 0 Å². The van der Waals surface area contributed by atoms with E-state index < -0.39 is 29.9 Å². The van der Waals surface area contributed by atoms with E-state index in [2.05, 4.69) is 9.98 Å². The highest BCUT2D eigenvalue weighted by atomic mass is 19.4. The van der Waals surface area contributed by atoms with Crippen LogP contribution in [0.25, 0.3) is 0 Å². The van der Waals surface area contributed by atoms with Crippen molar-refractivity contribution in [2.75, 3.05) is 14.1 Å². The quantitative estimate of drug-likeness (QED) is 0.745. The topological polar surface area (TPSA) is 50.3 Å². The van der Waals surface area contributed by atoms with E-state index in [0.717, 1.165) is 17.2 Å². The molecule has 0 amide bonds. The molecule has 2 rings (SSSR count). The Bertz CT molecular complexity index is 586. The van der Waals surface area contributed by atoms with E-state index in [-0.39, 0.29) is 5.76 Å². The number of aliphatic imine (C=N–C) groups is 2. The first-order chi connectivity index (χ1) is 9.98. The summed E-state index contributed by atoms with van der Waals surface area (Å²) in [4.78, 5) is 6.19. The van der Waals surface area contributed by atoms with Crippen molar-refractivity contribution in [1.82, 2.24) is 4.90 Å². The van der Waals surface area contributed by atoms with Crippen LogP contribution >= 0.6 is 0 Å². The minimum Gasteiger partial charge on any atom is -0.459 e. The molecule has 2 heterocycles. The molecule has 0 aromatic carbocycles. The van der Waals surface area contributed by atoms with Gasteiger partial charge in [-0.1, -0.05) is 0 Å². The third-order valence-electron chi connectivity index (χ3n) is 2.61. The van der Waals surface area contributed by atoms with Crippen LogP contribution in [0.5, 0.6) is 0 Å². The van der Waals surface area contributed by atoms with Gasteiger partial charge >= 0.3 is 18.0 Å². The molecule has 0 N–H and O–H groups in total. The predicted molar refractivity (Wildman–Crippen MR) is 62.3 cm³/mol. The Balaban J connectivity index is 2.69. The van der Waals surface area contributed by atoms with Crippen LogP contribution in [0.15, 0.2) is 32.8 Å². The number of furan rings is 1. The maximum Gasteiger partial charge on any atom is 0.443 e. The Morgan fingerprint density at radius 2 is 1.64 bits per heavy atom. The largest absolute Gasteiger partial charge is 0.459 e. The second-order valence-electron chi connectivity index (χ2n) is 4.45. The van der Waals surface area contributed by atoms with Crippen LogP contribution in [0, 0.1) is 0 Å². The zero-order valence-corrected chi connectivity index (χ0v) is 11.2. The smallest absolute Gasteiger partial charge is 0.443 e. The highest BCUT2D eigenvalue weighted by Gasteiger charge is 2.74. The molecule has 0 atom stereocenters. The minimum atomic E-state index is -5.81. The van der Waals surface area contributed by atoms with Gasteiger partial charge in [-0.25, -0.2) is 0 Å². The molecule has 0 spiro atoms. The number of alkyl halides is 6. The Labute approximate surface area is 119 Å². The number of halogens is 6. The van der Waals surface area contributed by atoms with Gasteiger partial charge in [0.2, 0.25) is 0 Å². The van der Waals surface area contributed by atoms with Gasteiger partial charge in [-0.2, -0.15) is 36.3 Å². The second kappa shape index (κ2) is 4.92. The molecule has 5 nitrogen and oxygen atoms in total. The van der Waals surface area contributed by atoms with Crippen LogP contribution in [0.2, 0.25) is 0 Å². The first kappa shape index (κ1) is 16.2. The first-order valence-corrected chi connectivity index (χ1v) is 5.70. The zero-order chi connectivity index (χ0) is 16.8. The van der Waals surface area contributed by atoms with Crippen LogP contribution in [-0.4, -0.2) is 48.9 Å². The average molecular weight is 329 g/mol. The lowest BCUT2D eigenvalue weighted by Crippen LogP contribution is -2.57. The van der Waals surface area contributed by atoms with Gasteiger partial charge in [0, 0.05) is 14.1 Å². The molecule has 11 heteroatoms. The summed E-state index contributed by atoms with van der Waals surface area (Å²) in [5.74, 6) is -1.34. The van der Waals surface area contributed by atoms with E-state index in [0.29, 0.717) is 0 Å². The average Bonchev–Trinajstić information content (AvgIpc) is 2.89. The third-order valence-corrected chi connectivity index (χ3v) is 2.61. The number of hydrogen-bond acceptors (Lipinski definition) is 5. The standard InChI is InChI=1S/C11H9F6N3O2/c1-20(2)8-19-9(10(12,13)14,11(15,16)17)18-7(22-8)6-4-3-5-21-6/h3-5H,1-2H3. The van der Waals surface area contributed by atoms with Gasteiger partial charge < -0.3 is 14.1 Å². The summed E-state index contributed by atoms with van der Waals surface area (Å²) in [7, 11) is 2.36. The van der Waals surface area contributed by atoms with Crippen molar-refractivity contribution in [3.8, 4) is 0 Å². The Hall–Kier alpha value is -2.20. The van der Waals surface area contributed by atoms with E-state index in [4.69, 9.17) is 9.15 Å². The molecule has 0 unspecified atom stereocenters. The predicted octanol–water partition coefficient (Wildman–Crippen LogP) is 2.79. The van der Waals surface area contributed by atoms with Crippen LogP contribution in [0.3, 0.4) is 0 Å². The van der Waals surface area contributed by atoms with Gasteiger partial charge in [-0.15, -0.1) is 0 Å². The van der Waals surface area contributed by atoms with E-state index in [1.54, 1.807) is 0 Å². The van der Waals surface area contributed by atoms with Crippen molar-refractivity contribution in [2.45, 2.75) is 18.0 Å². The highest BCUT2D eigenvalue weighted by molar-refractivity contribution is 6.01. The summed E-state index contributed by atoms with van der Waals surface area (Å²) in [6, 6.07) is 1.50. The van der Waals surface area contributed by atoms with Crippen molar-refractivity contribution in [2.24, 2.45) is 9.98 Å². The first-order valence-electron chi connectivity index (χ1n) is 5.70. The summed E-state index contributed by atoms with van der Waals surface area (Å²) in [6.07, 6.45) is -10.6. The van der Waals surface area contributed by atoms with E-state index in [1.807, 2.05) is 0 Å². The number of rotatable bonds is 1. The summed E-state index contributed by atoms with van der Waals surface area (Å²) in [5, 5.41) is 0. The van der Waals surface area contributed by atoms with Gasteiger partial charge in [0.25, 0.3) is 11.9 Å². The number of hydrogen-bond donors (Lipinski definition) is 0. The van der Waals surface area contributed by atoms with Crippen molar-refractivity contribution < 1.29 is 35.5 Å². The summed E-state index contributed by atoms with van der Waals surface area (Å²) >= 11 is 0. The fourth-order valence-electron chi connectivity index (χ4n) is 1.55. The maximum atomic E-state index is 13.1. The molecule has 0 aliphatic carbocycles. The van der Waals surface area contributed by atoms with Crippen molar-refractivity contribution >= 4 is 11.9 Å². The molecule has 122 valence electrons. The van der Waals surface area contributed by atoms with Crippen molar-refractivity contribution in [3.05, 3.63) is 24.2 Å². The molecule has 0 fully saturated rings. The van der Waals surface area contributed by atoms with Crippen LogP contribution in [0.1, 0.15) is 5.76 Å².